The molecule has 2 aromatic rings. The van der Waals surface area contributed by atoms with Gasteiger partial charge >= 0.3 is 0 Å². The molecule has 2 rings (SSSR count). The summed E-state index contributed by atoms with van der Waals surface area (Å²) in [5.74, 6) is 0. The van der Waals surface area contributed by atoms with Crippen molar-refractivity contribution in [2.75, 3.05) is 11.9 Å². The normalized spacial score (nSPS) is 12.2. The highest BCUT2D eigenvalue weighted by Crippen LogP contribution is 2.24. The molecule has 0 aliphatic carbocycles. The zero-order valence-corrected chi connectivity index (χ0v) is 12.7. The van der Waals surface area contributed by atoms with E-state index in [4.69, 9.17) is 16.3 Å². The predicted octanol–water partition coefficient (Wildman–Crippen LogP) is 5.05. The number of benzene rings is 2. The Morgan fingerprint density at radius 1 is 1.10 bits per heavy atom. The molecule has 0 heterocycles. The fraction of sp³-hybridized carbons (Fsp3) is 0.294. The molecule has 0 aliphatic rings. The van der Waals surface area contributed by atoms with Crippen LogP contribution in [0, 0.1) is 0 Å². The van der Waals surface area contributed by atoms with Crippen molar-refractivity contribution >= 4 is 17.3 Å². The van der Waals surface area contributed by atoms with Gasteiger partial charge < -0.3 is 10.1 Å². The van der Waals surface area contributed by atoms with Gasteiger partial charge in [0.1, 0.15) is 0 Å². The molecule has 106 valence electrons. The van der Waals surface area contributed by atoms with Gasteiger partial charge in [-0.15, -0.1) is 0 Å². The van der Waals surface area contributed by atoms with E-state index < -0.39 is 0 Å². The summed E-state index contributed by atoms with van der Waals surface area (Å²) < 4.78 is 5.51. The van der Waals surface area contributed by atoms with Crippen LogP contribution in [0.25, 0.3) is 0 Å². The van der Waals surface area contributed by atoms with E-state index >= 15 is 0 Å². The van der Waals surface area contributed by atoms with E-state index in [0.29, 0.717) is 6.61 Å². The highest BCUT2D eigenvalue weighted by atomic mass is 35.5. The van der Waals surface area contributed by atoms with Crippen molar-refractivity contribution in [3.8, 4) is 0 Å². The van der Waals surface area contributed by atoms with Gasteiger partial charge in [-0.3, -0.25) is 0 Å². The Hall–Kier alpha value is -1.51. The molecule has 0 fully saturated rings. The third-order valence-corrected chi connectivity index (χ3v) is 3.47. The molecule has 3 heteroatoms. The maximum absolute atomic E-state index is 5.92. The monoisotopic (exact) mass is 289 g/mol. The predicted molar refractivity (Wildman–Crippen MR) is 85.3 cm³/mol. The van der Waals surface area contributed by atoms with Gasteiger partial charge in [-0.2, -0.15) is 0 Å². The Balaban J connectivity index is 2.10. The summed E-state index contributed by atoms with van der Waals surface area (Å²) in [5, 5.41) is 4.29. The lowest BCUT2D eigenvalue weighted by atomic mass is 10.1. The number of halogens is 1. The molecular formula is C17H20ClNO. The summed E-state index contributed by atoms with van der Waals surface area (Å²) in [5.41, 5.74) is 3.50. The van der Waals surface area contributed by atoms with E-state index in [9.17, 15) is 0 Å². The molecule has 0 aliphatic heterocycles. The Labute approximate surface area is 125 Å². The average Bonchev–Trinajstić information content (AvgIpc) is 2.47. The third kappa shape index (κ3) is 3.99. The van der Waals surface area contributed by atoms with Crippen LogP contribution in [0.15, 0.2) is 48.5 Å². The molecule has 2 nitrogen and oxygen atoms in total. The molecule has 1 unspecified atom stereocenters. The topological polar surface area (TPSA) is 21.3 Å². The van der Waals surface area contributed by atoms with Crippen molar-refractivity contribution in [1.29, 1.82) is 0 Å². The second-order valence-corrected chi connectivity index (χ2v) is 5.15. The second kappa shape index (κ2) is 7.32. The van der Waals surface area contributed by atoms with E-state index in [1.54, 1.807) is 0 Å². The lowest BCUT2D eigenvalue weighted by molar-refractivity contribution is 0.134. The average molecular weight is 290 g/mol. The van der Waals surface area contributed by atoms with Crippen molar-refractivity contribution < 1.29 is 4.74 Å². The maximum Gasteiger partial charge on any atom is 0.0736 e. The van der Waals surface area contributed by atoms with Gasteiger partial charge in [0, 0.05) is 28.9 Å². The zero-order valence-electron chi connectivity index (χ0n) is 11.9. The fourth-order valence-electron chi connectivity index (χ4n) is 2.07. The largest absolute Gasteiger partial charge is 0.378 e. The quantitative estimate of drug-likeness (QED) is 0.803. The zero-order chi connectivity index (χ0) is 14.4. The summed E-state index contributed by atoms with van der Waals surface area (Å²) in [6.45, 7) is 5.50. The van der Waals surface area contributed by atoms with Gasteiger partial charge in [0.25, 0.3) is 0 Å². The van der Waals surface area contributed by atoms with Gasteiger partial charge in [-0.25, -0.2) is 0 Å². The molecule has 20 heavy (non-hydrogen) atoms. The van der Waals surface area contributed by atoms with Crippen LogP contribution in [0.3, 0.4) is 0 Å². The van der Waals surface area contributed by atoms with Crippen molar-refractivity contribution in [2.45, 2.75) is 26.5 Å². The minimum Gasteiger partial charge on any atom is -0.378 e. The Kier molecular flexibility index (Phi) is 5.45. The van der Waals surface area contributed by atoms with Gasteiger partial charge in [0.2, 0.25) is 0 Å². The van der Waals surface area contributed by atoms with Crippen molar-refractivity contribution in [3.05, 3.63) is 64.7 Å². The molecule has 0 radical (unpaired) electrons. The number of rotatable bonds is 6. The van der Waals surface area contributed by atoms with Gasteiger partial charge in [0.05, 0.1) is 6.61 Å². The van der Waals surface area contributed by atoms with Crippen molar-refractivity contribution in [1.82, 2.24) is 0 Å². The Morgan fingerprint density at radius 3 is 2.50 bits per heavy atom. The van der Waals surface area contributed by atoms with Crippen LogP contribution < -0.4 is 5.32 Å². The first-order valence-electron chi connectivity index (χ1n) is 6.88. The highest BCUT2D eigenvalue weighted by molar-refractivity contribution is 6.30. The Morgan fingerprint density at radius 2 is 1.80 bits per heavy atom. The van der Waals surface area contributed by atoms with Crippen LogP contribution in [0.1, 0.15) is 31.0 Å². The first kappa shape index (κ1) is 14.9. The first-order valence-corrected chi connectivity index (χ1v) is 7.26. The molecule has 0 spiro atoms. The number of ether oxygens (including phenoxy) is 1. The summed E-state index contributed by atoms with van der Waals surface area (Å²) in [7, 11) is 0. The van der Waals surface area contributed by atoms with Crippen LogP contribution >= 0.6 is 11.6 Å². The maximum atomic E-state index is 5.92. The number of anilines is 1. The summed E-state index contributed by atoms with van der Waals surface area (Å²) in [4.78, 5) is 0. The van der Waals surface area contributed by atoms with Gasteiger partial charge in [-0.1, -0.05) is 41.9 Å². The number of hydrogen-bond donors (Lipinski definition) is 1. The molecule has 0 bridgehead atoms. The minimum absolute atomic E-state index is 0.218. The van der Waals surface area contributed by atoms with Crippen LogP contribution in [0.2, 0.25) is 5.02 Å². The fourth-order valence-corrected chi connectivity index (χ4v) is 2.19. The van der Waals surface area contributed by atoms with Crippen LogP contribution in [-0.2, 0) is 11.3 Å². The third-order valence-electron chi connectivity index (χ3n) is 3.22. The van der Waals surface area contributed by atoms with Crippen LogP contribution in [0.5, 0.6) is 0 Å². The lowest BCUT2D eigenvalue weighted by Gasteiger charge is -2.18. The van der Waals surface area contributed by atoms with E-state index in [-0.39, 0.29) is 6.04 Å². The van der Waals surface area contributed by atoms with Crippen molar-refractivity contribution in [3.63, 3.8) is 0 Å². The molecule has 0 aromatic heterocycles. The standard InChI is InChI=1S/C17H20ClNO/c1-3-20-12-15-6-4-5-7-17(15)19-13(2)14-8-10-16(18)11-9-14/h4-11,13,19H,3,12H2,1-2H3. The van der Waals surface area contributed by atoms with E-state index in [0.717, 1.165) is 17.3 Å². The number of para-hydroxylation sites is 1. The SMILES string of the molecule is CCOCc1ccccc1NC(C)c1ccc(Cl)cc1. The van der Waals surface area contributed by atoms with Gasteiger partial charge in [-0.05, 0) is 37.6 Å². The molecule has 1 N–H and O–H groups in total. The number of hydrogen-bond acceptors (Lipinski definition) is 2. The summed E-state index contributed by atoms with van der Waals surface area (Å²) in [6.07, 6.45) is 0. The molecule has 0 saturated heterocycles. The smallest absolute Gasteiger partial charge is 0.0736 e. The molecule has 1 atom stereocenters. The minimum atomic E-state index is 0.218. The Bertz CT molecular complexity index is 539. The van der Waals surface area contributed by atoms with E-state index in [1.165, 1.54) is 11.1 Å². The lowest BCUT2D eigenvalue weighted by Crippen LogP contribution is -2.08. The molecule has 2 aromatic carbocycles. The summed E-state index contributed by atoms with van der Waals surface area (Å²) in [6, 6.07) is 16.4. The second-order valence-electron chi connectivity index (χ2n) is 4.71. The highest BCUT2D eigenvalue weighted by Gasteiger charge is 2.08. The first-order chi connectivity index (χ1) is 9.70. The number of nitrogens with one attached hydrogen (secondary N) is 1. The summed E-state index contributed by atoms with van der Waals surface area (Å²) >= 11 is 5.92. The van der Waals surface area contributed by atoms with E-state index in [2.05, 4.69) is 24.4 Å². The van der Waals surface area contributed by atoms with E-state index in [1.807, 2.05) is 43.3 Å². The molecular weight excluding hydrogens is 270 g/mol. The molecule has 0 amide bonds. The molecule has 0 saturated carbocycles. The van der Waals surface area contributed by atoms with Gasteiger partial charge in [0.15, 0.2) is 0 Å². The van der Waals surface area contributed by atoms with Crippen LogP contribution in [-0.4, -0.2) is 6.61 Å². The van der Waals surface area contributed by atoms with Crippen molar-refractivity contribution in [2.24, 2.45) is 0 Å². The van der Waals surface area contributed by atoms with Crippen LogP contribution in [0.4, 0.5) is 5.69 Å².